The maximum atomic E-state index is 5.16. The fourth-order valence-corrected chi connectivity index (χ4v) is 1.26. The van der Waals surface area contributed by atoms with Crippen molar-refractivity contribution in [3.63, 3.8) is 0 Å². The zero-order valence-corrected chi connectivity index (χ0v) is 6.97. The van der Waals surface area contributed by atoms with Crippen molar-refractivity contribution in [3.05, 3.63) is 0 Å². The molecule has 0 aromatic rings. The van der Waals surface area contributed by atoms with Crippen LogP contribution in [-0.2, 0) is 4.74 Å². The van der Waals surface area contributed by atoms with Gasteiger partial charge in [0.1, 0.15) is 0 Å². The van der Waals surface area contributed by atoms with Gasteiger partial charge in [0, 0.05) is 7.11 Å². The first-order valence-electron chi connectivity index (χ1n) is 4.05. The first-order chi connectivity index (χ1) is 5.38. The van der Waals surface area contributed by atoms with Crippen molar-refractivity contribution in [1.29, 1.82) is 0 Å². The van der Waals surface area contributed by atoms with Crippen LogP contribution in [0.4, 0.5) is 0 Å². The topological polar surface area (TPSA) is 21.3 Å². The lowest BCUT2D eigenvalue weighted by Gasteiger charge is -1.98. The summed E-state index contributed by atoms with van der Waals surface area (Å²) in [6, 6.07) is 0. The van der Waals surface area contributed by atoms with Crippen molar-refractivity contribution < 1.29 is 4.74 Å². The molecule has 0 spiro atoms. The predicted molar refractivity (Wildman–Crippen MR) is 45.2 cm³/mol. The highest BCUT2D eigenvalue weighted by Gasteiger charge is 2.36. The number of ether oxygens (including phenoxy) is 1. The van der Waals surface area contributed by atoms with Gasteiger partial charge >= 0.3 is 0 Å². The third kappa shape index (κ3) is 2.92. The molecule has 1 saturated carbocycles. The minimum Gasteiger partial charge on any atom is -0.381 e. The third-order valence-corrected chi connectivity index (χ3v) is 2.08. The lowest BCUT2D eigenvalue weighted by Crippen LogP contribution is -2.16. The van der Waals surface area contributed by atoms with Crippen molar-refractivity contribution in [2.24, 2.45) is 5.92 Å². The van der Waals surface area contributed by atoms with E-state index in [1.807, 2.05) is 0 Å². The van der Waals surface area contributed by atoms with Gasteiger partial charge in [-0.15, -0.1) is 6.42 Å². The van der Waals surface area contributed by atoms with Crippen LogP contribution in [0.25, 0.3) is 0 Å². The van der Waals surface area contributed by atoms with Gasteiger partial charge in [0.2, 0.25) is 0 Å². The van der Waals surface area contributed by atoms with E-state index in [9.17, 15) is 0 Å². The van der Waals surface area contributed by atoms with Gasteiger partial charge in [-0.05, 0) is 25.3 Å². The first kappa shape index (κ1) is 8.58. The predicted octanol–water partition coefficient (Wildman–Crippen LogP) is 0.634. The van der Waals surface area contributed by atoms with E-state index in [1.54, 1.807) is 7.11 Å². The van der Waals surface area contributed by atoms with Crippen molar-refractivity contribution in [2.45, 2.75) is 18.9 Å². The van der Waals surface area contributed by atoms with Gasteiger partial charge in [-0.1, -0.05) is 5.92 Å². The molecule has 1 aliphatic carbocycles. The Balaban J connectivity index is 1.86. The van der Waals surface area contributed by atoms with Crippen molar-refractivity contribution in [1.82, 2.24) is 5.32 Å². The number of methoxy groups -OCH3 is 1. The lowest BCUT2D eigenvalue weighted by molar-refractivity contribution is 0.168. The summed E-state index contributed by atoms with van der Waals surface area (Å²) in [6.45, 7) is 1.71. The molecular weight excluding hydrogens is 138 g/mol. The quantitative estimate of drug-likeness (QED) is 0.462. The highest BCUT2D eigenvalue weighted by molar-refractivity contribution is 4.89. The zero-order valence-electron chi connectivity index (χ0n) is 6.97. The third-order valence-electron chi connectivity index (χ3n) is 2.08. The Morgan fingerprint density at radius 3 is 3.09 bits per heavy atom. The zero-order chi connectivity index (χ0) is 8.10. The molecule has 2 heteroatoms. The molecule has 0 aliphatic heterocycles. The van der Waals surface area contributed by atoms with E-state index in [0.717, 1.165) is 12.5 Å². The molecule has 62 valence electrons. The molecule has 2 atom stereocenters. The molecule has 0 aromatic heterocycles. The minimum absolute atomic E-state index is 0.530. The number of terminal acetylenes is 1. The molecule has 0 bridgehead atoms. The highest BCUT2D eigenvalue weighted by Crippen LogP contribution is 2.35. The van der Waals surface area contributed by atoms with Crippen LogP contribution in [0.3, 0.4) is 0 Å². The van der Waals surface area contributed by atoms with Gasteiger partial charge in [-0.3, -0.25) is 0 Å². The average Bonchev–Trinajstić information content (AvgIpc) is 2.77. The summed E-state index contributed by atoms with van der Waals surface area (Å²) >= 11 is 0. The second-order valence-electron chi connectivity index (χ2n) is 2.94. The second-order valence-corrected chi connectivity index (χ2v) is 2.94. The fourth-order valence-electron chi connectivity index (χ4n) is 1.26. The maximum absolute atomic E-state index is 5.16. The van der Waals surface area contributed by atoms with Crippen LogP contribution in [0.15, 0.2) is 0 Å². The molecule has 1 N–H and O–H groups in total. The standard InChI is InChI=1S/C9H15NO/c1-3-5-10-6-4-8-7-9(8)11-2/h1,8-10H,4-7H2,2H3. The molecule has 0 saturated heterocycles. The van der Waals surface area contributed by atoms with Crippen LogP contribution in [0.1, 0.15) is 12.8 Å². The summed E-state index contributed by atoms with van der Waals surface area (Å²) in [5.74, 6) is 3.33. The molecule has 11 heavy (non-hydrogen) atoms. The molecular formula is C9H15NO. The molecule has 0 aromatic carbocycles. The maximum Gasteiger partial charge on any atom is 0.0604 e. The molecule has 2 unspecified atom stereocenters. The van der Waals surface area contributed by atoms with E-state index in [0.29, 0.717) is 12.6 Å². The van der Waals surface area contributed by atoms with Crippen LogP contribution in [0, 0.1) is 18.3 Å². The molecule has 0 radical (unpaired) electrons. The summed E-state index contributed by atoms with van der Waals surface area (Å²) in [4.78, 5) is 0. The van der Waals surface area contributed by atoms with E-state index >= 15 is 0 Å². The lowest BCUT2D eigenvalue weighted by atomic mass is 10.3. The molecule has 1 fully saturated rings. The van der Waals surface area contributed by atoms with E-state index in [-0.39, 0.29) is 0 Å². The largest absolute Gasteiger partial charge is 0.381 e. The normalized spacial score (nSPS) is 28.0. The average molecular weight is 153 g/mol. The van der Waals surface area contributed by atoms with Gasteiger partial charge in [-0.25, -0.2) is 0 Å². The molecule has 0 heterocycles. The minimum atomic E-state index is 0.530. The molecule has 2 nitrogen and oxygen atoms in total. The Morgan fingerprint density at radius 1 is 1.73 bits per heavy atom. The number of hydrogen-bond acceptors (Lipinski definition) is 2. The number of nitrogens with one attached hydrogen (secondary N) is 1. The first-order valence-corrected chi connectivity index (χ1v) is 4.05. The Morgan fingerprint density at radius 2 is 2.55 bits per heavy atom. The SMILES string of the molecule is C#CCNCCC1CC1OC. The van der Waals surface area contributed by atoms with Crippen molar-refractivity contribution in [2.75, 3.05) is 20.2 Å². The summed E-state index contributed by atoms with van der Waals surface area (Å²) < 4.78 is 5.16. The second kappa shape index (κ2) is 4.38. The van der Waals surface area contributed by atoms with Crippen LogP contribution in [0.2, 0.25) is 0 Å². The van der Waals surface area contributed by atoms with Gasteiger partial charge in [0.15, 0.2) is 0 Å². The van der Waals surface area contributed by atoms with Crippen LogP contribution in [0.5, 0.6) is 0 Å². The molecule has 1 aliphatic rings. The molecule has 0 amide bonds. The van der Waals surface area contributed by atoms with Crippen molar-refractivity contribution >= 4 is 0 Å². The van der Waals surface area contributed by atoms with Gasteiger partial charge in [0.25, 0.3) is 0 Å². The number of hydrogen-bond donors (Lipinski definition) is 1. The Kier molecular flexibility index (Phi) is 3.41. The highest BCUT2D eigenvalue weighted by atomic mass is 16.5. The van der Waals surface area contributed by atoms with E-state index in [1.165, 1.54) is 12.8 Å². The Hall–Kier alpha value is -0.520. The fraction of sp³-hybridized carbons (Fsp3) is 0.778. The van der Waals surface area contributed by atoms with E-state index in [4.69, 9.17) is 11.2 Å². The van der Waals surface area contributed by atoms with E-state index < -0.39 is 0 Å². The smallest absolute Gasteiger partial charge is 0.0604 e. The van der Waals surface area contributed by atoms with Gasteiger partial charge in [-0.2, -0.15) is 0 Å². The van der Waals surface area contributed by atoms with Crippen LogP contribution in [-0.4, -0.2) is 26.3 Å². The Bertz CT molecular complexity index is 150. The summed E-state index contributed by atoms with van der Waals surface area (Å²) in [5, 5.41) is 3.16. The van der Waals surface area contributed by atoms with Crippen LogP contribution >= 0.6 is 0 Å². The summed E-state index contributed by atoms with van der Waals surface area (Å²) in [7, 11) is 1.78. The summed E-state index contributed by atoms with van der Waals surface area (Å²) in [5.41, 5.74) is 0. The van der Waals surface area contributed by atoms with Gasteiger partial charge in [0.05, 0.1) is 12.6 Å². The Labute approximate surface area is 68.3 Å². The summed E-state index contributed by atoms with van der Waals surface area (Å²) in [6.07, 6.45) is 8.03. The number of rotatable bonds is 5. The van der Waals surface area contributed by atoms with Gasteiger partial charge < -0.3 is 10.1 Å². The van der Waals surface area contributed by atoms with E-state index in [2.05, 4.69) is 11.2 Å². The van der Waals surface area contributed by atoms with Crippen molar-refractivity contribution in [3.8, 4) is 12.3 Å². The monoisotopic (exact) mass is 153 g/mol. The van der Waals surface area contributed by atoms with Crippen LogP contribution < -0.4 is 5.32 Å². The molecule has 1 rings (SSSR count).